The Morgan fingerprint density at radius 2 is 1.49 bits per heavy atom. The summed E-state index contributed by atoms with van der Waals surface area (Å²) in [6.07, 6.45) is 10.1. The van der Waals surface area contributed by atoms with Crippen molar-refractivity contribution < 1.29 is 13.2 Å². The van der Waals surface area contributed by atoms with Gasteiger partial charge in [-0.2, -0.15) is 0 Å². The van der Waals surface area contributed by atoms with E-state index in [0.717, 1.165) is 16.7 Å². The molecule has 216 valence electrons. The summed E-state index contributed by atoms with van der Waals surface area (Å²) in [6.45, 7) is 12.5. The zero-order valence-electron chi connectivity index (χ0n) is 25.4. The van der Waals surface area contributed by atoms with Gasteiger partial charge in [-0.25, -0.2) is 0 Å². The Hall–Kier alpha value is -1.53. The first-order valence-corrected chi connectivity index (χ1v) is 24.0. The van der Waals surface area contributed by atoms with Gasteiger partial charge in [-0.15, -0.1) is 0 Å². The maximum absolute atomic E-state index is 13.8. The molecule has 0 spiro atoms. The molecule has 2 aromatic rings. The van der Waals surface area contributed by atoms with Crippen LogP contribution in [0.15, 0.2) is 57.2 Å². The Morgan fingerprint density at radius 3 is 2.00 bits per heavy atom. The third-order valence-electron chi connectivity index (χ3n) is 7.84. The summed E-state index contributed by atoms with van der Waals surface area (Å²) < 4.78 is 42.7. The van der Waals surface area contributed by atoms with Gasteiger partial charge in [0, 0.05) is 0 Å². The van der Waals surface area contributed by atoms with E-state index >= 15 is 0 Å². The summed E-state index contributed by atoms with van der Waals surface area (Å²) in [6, 6.07) is 11.5. The van der Waals surface area contributed by atoms with Crippen LogP contribution in [0, 0.1) is 20.8 Å². The van der Waals surface area contributed by atoms with Crippen molar-refractivity contribution in [3.05, 3.63) is 74.6 Å². The van der Waals surface area contributed by atoms with Crippen LogP contribution in [0.1, 0.15) is 81.5 Å². The molecule has 0 heterocycles. The van der Waals surface area contributed by atoms with Gasteiger partial charge in [-0.3, -0.25) is 0 Å². The van der Waals surface area contributed by atoms with Crippen LogP contribution in [0.3, 0.4) is 0 Å². The summed E-state index contributed by atoms with van der Waals surface area (Å²) >= 11 is -2.53. The molecule has 1 atom stereocenters. The Labute approximate surface area is 243 Å². The van der Waals surface area contributed by atoms with Crippen LogP contribution in [0.5, 0.6) is 5.75 Å². The van der Waals surface area contributed by atoms with Gasteiger partial charge >= 0.3 is 244 Å². The van der Waals surface area contributed by atoms with Crippen molar-refractivity contribution in [3.63, 3.8) is 0 Å². The molecule has 4 nitrogen and oxygen atoms in total. The molecule has 0 amide bonds. The van der Waals surface area contributed by atoms with E-state index in [1.807, 2.05) is 51.1 Å². The number of ether oxygens (including phenoxy) is 1. The summed E-state index contributed by atoms with van der Waals surface area (Å²) in [5.74, 6) is 0.711. The molecule has 2 aromatic carbocycles. The van der Waals surface area contributed by atoms with Gasteiger partial charge < -0.3 is 0 Å². The van der Waals surface area contributed by atoms with E-state index in [4.69, 9.17) is 4.74 Å². The summed E-state index contributed by atoms with van der Waals surface area (Å²) in [4.78, 5) is 0.346. The Bertz CT molecular complexity index is 1180. The van der Waals surface area contributed by atoms with Crippen molar-refractivity contribution >= 4 is 28.4 Å². The van der Waals surface area contributed by atoms with Crippen molar-refractivity contribution in [1.82, 2.24) is 4.72 Å². The quantitative estimate of drug-likeness (QED) is 0.137. The monoisotopic (exact) mass is 661 g/mol. The molecular weight excluding hydrogens is 609 g/mol. The van der Waals surface area contributed by atoms with Gasteiger partial charge in [0.1, 0.15) is 0 Å². The van der Waals surface area contributed by atoms with Gasteiger partial charge in [0.05, 0.1) is 0 Å². The molecular formula is C33H51NO3SSn. The minimum absolute atomic E-state index is 0.346. The van der Waals surface area contributed by atoms with Crippen molar-refractivity contribution in [2.75, 3.05) is 7.11 Å². The molecule has 2 rings (SSSR count). The fourth-order valence-electron chi connectivity index (χ4n) is 5.43. The number of aryl methyl sites for hydroxylation is 1. The van der Waals surface area contributed by atoms with Crippen molar-refractivity contribution in [3.8, 4) is 5.75 Å². The fraction of sp³-hybridized carbons (Fsp3) is 0.545. The molecule has 0 unspecified atom stereocenters. The van der Waals surface area contributed by atoms with Crippen LogP contribution in [0.4, 0.5) is 0 Å². The normalized spacial score (nSPS) is 12.6. The van der Waals surface area contributed by atoms with Crippen LogP contribution in [0.2, 0.25) is 13.3 Å². The van der Waals surface area contributed by atoms with Crippen molar-refractivity contribution in [1.29, 1.82) is 0 Å². The summed E-state index contributed by atoms with van der Waals surface area (Å²) in [5, 5.41) is 0. The van der Waals surface area contributed by atoms with E-state index in [9.17, 15) is 8.42 Å². The SMILES string of the molecule is CCC[CH2][Sn]([CH]=C=C[C@H](Cc1ccccc1)NS(=O)(=O)c1c(C)cc(OC)c(C)c1C)([CH2]CCC)[CH2]CCC. The van der Waals surface area contributed by atoms with Crippen LogP contribution >= 0.6 is 0 Å². The van der Waals surface area contributed by atoms with Gasteiger partial charge in [0.25, 0.3) is 0 Å². The predicted molar refractivity (Wildman–Crippen MR) is 169 cm³/mol. The molecule has 0 aliphatic rings. The van der Waals surface area contributed by atoms with Crippen molar-refractivity contribution in [2.45, 2.75) is 111 Å². The van der Waals surface area contributed by atoms with E-state index in [1.165, 1.54) is 51.8 Å². The number of methoxy groups -OCH3 is 1. The van der Waals surface area contributed by atoms with E-state index < -0.39 is 28.4 Å². The standard InChI is InChI=1S/C21H24NO3S.3C4H9.Sn/c1-6-10-19(14-18-11-8-7-9-12-18)22-26(23,24)21-15(2)13-20(25-5)16(3)17(21)4;3*1-3-4-2;/h1,7-13,19,22H,14H2,2-5H3;3*1,3-4H2,2H3;/t6?,19-;;;;/m1..../s1. The van der Waals surface area contributed by atoms with E-state index in [2.05, 4.69) is 47.4 Å². The Balaban J connectivity index is 2.51. The molecule has 0 fully saturated rings. The molecule has 0 aliphatic heterocycles. The van der Waals surface area contributed by atoms with Gasteiger partial charge in [0.15, 0.2) is 0 Å². The molecule has 0 bridgehead atoms. The van der Waals surface area contributed by atoms with Crippen LogP contribution in [0.25, 0.3) is 0 Å². The van der Waals surface area contributed by atoms with Gasteiger partial charge in [0.2, 0.25) is 0 Å². The van der Waals surface area contributed by atoms with E-state index in [-0.39, 0.29) is 6.04 Å². The average molecular weight is 661 g/mol. The molecule has 0 radical (unpaired) electrons. The van der Waals surface area contributed by atoms with Gasteiger partial charge in [-0.1, -0.05) is 0 Å². The van der Waals surface area contributed by atoms with Crippen LogP contribution < -0.4 is 9.46 Å². The third kappa shape index (κ3) is 10.1. The second kappa shape index (κ2) is 16.7. The zero-order chi connectivity index (χ0) is 28.9. The Morgan fingerprint density at radius 1 is 0.923 bits per heavy atom. The molecule has 0 aromatic heterocycles. The number of hydrogen-bond donors (Lipinski definition) is 1. The minimum atomic E-state index is -3.77. The predicted octanol–water partition coefficient (Wildman–Crippen LogP) is 8.61. The number of sulfonamides is 1. The number of rotatable bonds is 17. The number of benzene rings is 2. The first-order chi connectivity index (χ1) is 18.6. The number of unbranched alkanes of at least 4 members (excludes halogenated alkanes) is 3. The molecule has 0 aliphatic carbocycles. The average Bonchev–Trinajstić information content (AvgIpc) is 2.91. The second-order valence-corrected chi connectivity index (χ2v) is 25.6. The second-order valence-electron chi connectivity index (χ2n) is 11.0. The zero-order valence-corrected chi connectivity index (χ0v) is 29.1. The number of nitrogens with one attached hydrogen (secondary N) is 1. The van der Waals surface area contributed by atoms with E-state index in [1.54, 1.807) is 7.11 Å². The van der Waals surface area contributed by atoms with Crippen LogP contribution in [-0.4, -0.2) is 39.9 Å². The first-order valence-electron chi connectivity index (χ1n) is 14.8. The molecule has 0 saturated carbocycles. The van der Waals surface area contributed by atoms with Gasteiger partial charge in [-0.05, 0) is 0 Å². The fourth-order valence-corrected chi connectivity index (χ4v) is 20.8. The Kier molecular flexibility index (Phi) is 14.4. The topological polar surface area (TPSA) is 55.4 Å². The first kappa shape index (κ1) is 33.7. The summed E-state index contributed by atoms with van der Waals surface area (Å²) in [5.41, 5.74) is 6.96. The van der Waals surface area contributed by atoms with Crippen molar-refractivity contribution in [2.24, 2.45) is 0 Å². The molecule has 6 heteroatoms. The molecule has 39 heavy (non-hydrogen) atoms. The number of hydrogen-bond acceptors (Lipinski definition) is 3. The molecule has 0 saturated heterocycles. The summed E-state index contributed by atoms with van der Waals surface area (Å²) in [7, 11) is -2.15. The maximum atomic E-state index is 13.8. The van der Waals surface area contributed by atoms with Crippen LogP contribution in [-0.2, 0) is 16.4 Å². The third-order valence-corrected chi connectivity index (χ3v) is 23.4. The molecule has 1 N–H and O–H groups in total. The van der Waals surface area contributed by atoms with E-state index in [0.29, 0.717) is 22.6 Å².